The third-order valence-corrected chi connectivity index (χ3v) is 3.19. The fourth-order valence-corrected chi connectivity index (χ4v) is 2.36. The van der Waals surface area contributed by atoms with Crippen molar-refractivity contribution in [2.45, 2.75) is 12.8 Å². The van der Waals surface area contributed by atoms with Gasteiger partial charge in [-0.05, 0) is 18.1 Å². The quantitative estimate of drug-likeness (QED) is 0.872. The molecule has 18 heavy (non-hydrogen) atoms. The molecule has 0 unspecified atom stereocenters. The molecule has 1 heterocycles. The lowest BCUT2D eigenvalue weighted by Crippen LogP contribution is -2.29. The molecule has 0 saturated heterocycles. The molecule has 1 aromatic heterocycles. The van der Waals surface area contributed by atoms with Gasteiger partial charge in [0, 0.05) is 23.5 Å². The smallest absolute Gasteiger partial charge is 0.233 e. The van der Waals surface area contributed by atoms with Crippen LogP contribution in [0.2, 0.25) is 0 Å². The van der Waals surface area contributed by atoms with Crippen LogP contribution in [0.4, 0.5) is 0 Å². The number of aryl methyl sites for hydroxylation is 1. The Morgan fingerprint density at radius 1 is 1.33 bits per heavy atom. The maximum Gasteiger partial charge on any atom is 0.233 e. The minimum atomic E-state index is -3.46. The van der Waals surface area contributed by atoms with Crippen molar-refractivity contribution in [3.8, 4) is 0 Å². The molecule has 0 bridgehead atoms. The van der Waals surface area contributed by atoms with Gasteiger partial charge >= 0.3 is 0 Å². The van der Waals surface area contributed by atoms with Gasteiger partial charge in [0.05, 0.1) is 6.26 Å². The van der Waals surface area contributed by atoms with E-state index in [1.807, 2.05) is 35.2 Å². The van der Waals surface area contributed by atoms with Gasteiger partial charge in [0.25, 0.3) is 0 Å². The molecule has 0 spiro atoms. The predicted molar refractivity (Wildman–Crippen MR) is 69.6 cm³/mol. The van der Waals surface area contributed by atoms with E-state index in [2.05, 4.69) is 4.98 Å². The van der Waals surface area contributed by atoms with Gasteiger partial charge in [-0.25, -0.2) is 8.42 Å². The Labute approximate surface area is 105 Å². The Morgan fingerprint density at radius 2 is 2.06 bits per heavy atom. The van der Waals surface area contributed by atoms with Gasteiger partial charge in [-0.2, -0.15) is 0 Å². The van der Waals surface area contributed by atoms with Crippen molar-refractivity contribution >= 4 is 26.8 Å². The molecule has 0 aliphatic rings. The third-order valence-electron chi connectivity index (χ3n) is 2.60. The first-order valence-corrected chi connectivity index (χ1v) is 7.40. The van der Waals surface area contributed by atoms with Crippen LogP contribution in [-0.2, 0) is 21.2 Å². The van der Waals surface area contributed by atoms with Gasteiger partial charge in [-0.1, -0.05) is 18.2 Å². The molecule has 1 aromatic carbocycles. The lowest BCUT2D eigenvalue weighted by Gasteiger charge is -2.02. The highest BCUT2D eigenvalue weighted by Gasteiger charge is 2.10. The average molecular weight is 266 g/mol. The van der Waals surface area contributed by atoms with Crippen molar-refractivity contribution in [2.24, 2.45) is 0 Å². The first-order valence-electron chi connectivity index (χ1n) is 5.51. The van der Waals surface area contributed by atoms with Crippen LogP contribution in [0.1, 0.15) is 12.0 Å². The van der Waals surface area contributed by atoms with Crippen molar-refractivity contribution in [3.63, 3.8) is 0 Å². The number of sulfonamides is 1. The molecule has 0 saturated carbocycles. The maximum absolute atomic E-state index is 11.4. The van der Waals surface area contributed by atoms with Crippen LogP contribution in [0, 0.1) is 0 Å². The number of nitrogens with one attached hydrogen (secondary N) is 2. The Bertz CT molecular complexity index is 673. The molecule has 1 amide bonds. The highest BCUT2D eigenvalue weighted by Crippen LogP contribution is 2.18. The van der Waals surface area contributed by atoms with Crippen molar-refractivity contribution in [1.29, 1.82) is 0 Å². The average Bonchev–Trinajstić information content (AvgIpc) is 2.67. The molecule has 2 N–H and O–H groups in total. The molecule has 2 aromatic rings. The molecule has 96 valence electrons. The summed E-state index contributed by atoms with van der Waals surface area (Å²) in [5.41, 5.74) is 2.02. The minimum absolute atomic E-state index is 0.148. The first kappa shape index (κ1) is 12.6. The van der Waals surface area contributed by atoms with Gasteiger partial charge < -0.3 is 4.98 Å². The molecule has 6 heteroatoms. The highest BCUT2D eigenvalue weighted by atomic mass is 32.2. The first-order chi connectivity index (χ1) is 8.46. The molecular formula is C12H14N2O3S. The minimum Gasteiger partial charge on any atom is -0.361 e. The van der Waals surface area contributed by atoms with Gasteiger partial charge in [-0.15, -0.1) is 0 Å². The van der Waals surface area contributed by atoms with E-state index in [1.54, 1.807) is 0 Å². The second kappa shape index (κ2) is 4.81. The third kappa shape index (κ3) is 3.10. The predicted octanol–water partition coefficient (Wildman–Crippen LogP) is 1.18. The number of amides is 1. The van der Waals surface area contributed by atoms with E-state index in [1.165, 1.54) is 0 Å². The summed E-state index contributed by atoms with van der Waals surface area (Å²) in [5.74, 6) is -0.484. The van der Waals surface area contributed by atoms with E-state index in [0.29, 0.717) is 6.42 Å². The molecule has 5 nitrogen and oxygen atoms in total. The molecule has 0 aliphatic carbocycles. The van der Waals surface area contributed by atoms with Crippen LogP contribution in [0.5, 0.6) is 0 Å². The SMILES string of the molecule is CS(=O)(=O)NC(=O)CCc1c[nH]c2ccccc12. The summed E-state index contributed by atoms with van der Waals surface area (Å²) < 4.78 is 23.7. The van der Waals surface area contributed by atoms with Crippen molar-refractivity contribution < 1.29 is 13.2 Å². The number of aromatic nitrogens is 1. The largest absolute Gasteiger partial charge is 0.361 e. The van der Waals surface area contributed by atoms with E-state index >= 15 is 0 Å². The summed E-state index contributed by atoms with van der Waals surface area (Å²) in [6, 6.07) is 7.78. The van der Waals surface area contributed by atoms with E-state index < -0.39 is 15.9 Å². The Kier molecular flexibility index (Phi) is 3.38. The summed E-state index contributed by atoms with van der Waals surface area (Å²) in [6.07, 6.45) is 3.47. The number of benzene rings is 1. The summed E-state index contributed by atoms with van der Waals surface area (Å²) in [4.78, 5) is 14.5. The second-order valence-corrected chi connectivity index (χ2v) is 5.91. The number of carbonyl (C=O) groups is 1. The number of para-hydroxylation sites is 1. The van der Waals surface area contributed by atoms with Crippen LogP contribution >= 0.6 is 0 Å². The van der Waals surface area contributed by atoms with Gasteiger partial charge in [0.15, 0.2) is 0 Å². The van der Waals surface area contributed by atoms with Crippen LogP contribution in [0.15, 0.2) is 30.5 Å². The number of rotatable bonds is 4. The second-order valence-electron chi connectivity index (χ2n) is 4.16. The van der Waals surface area contributed by atoms with Gasteiger partial charge in [-0.3, -0.25) is 9.52 Å². The van der Waals surface area contributed by atoms with Crippen LogP contribution in [0.3, 0.4) is 0 Å². The number of hydrogen-bond donors (Lipinski definition) is 2. The molecule has 0 atom stereocenters. The van der Waals surface area contributed by atoms with E-state index in [9.17, 15) is 13.2 Å². The molecular weight excluding hydrogens is 252 g/mol. The molecule has 2 rings (SSSR count). The zero-order chi connectivity index (χ0) is 13.2. The summed E-state index contributed by atoms with van der Waals surface area (Å²) in [5, 5.41) is 1.06. The Morgan fingerprint density at radius 3 is 2.78 bits per heavy atom. The number of carbonyl (C=O) groups excluding carboxylic acids is 1. The fraction of sp³-hybridized carbons (Fsp3) is 0.250. The topological polar surface area (TPSA) is 79.0 Å². The van der Waals surface area contributed by atoms with Crippen molar-refractivity contribution in [3.05, 3.63) is 36.0 Å². The van der Waals surface area contributed by atoms with Crippen LogP contribution in [0.25, 0.3) is 10.9 Å². The molecule has 0 fully saturated rings. The summed E-state index contributed by atoms with van der Waals surface area (Å²) >= 11 is 0. The standard InChI is InChI=1S/C12H14N2O3S/c1-18(16,17)14-12(15)7-6-9-8-13-11-5-3-2-4-10(9)11/h2-5,8,13H,6-7H2,1H3,(H,14,15). The number of aromatic amines is 1. The van der Waals surface area contributed by atoms with E-state index in [0.717, 1.165) is 22.7 Å². The summed E-state index contributed by atoms with van der Waals surface area (Å²) in [6.45, 7) is 0. The van der Waals surface area contributed by atoms with Gasteiger partial charge in [0.2, 0.25) is 15.9 Å². The summed E-state index contributed by atoms with van der Waals surface area (Å²) in [7, 11) is -3.46. The Hall–Kier alpha value is -1.82. The maximum atomic E-state index is 11.4. The lowest BCUT2D eigenvalue weighted by atomic mass is 10.1. The van der Waals surface area contributed by atoms with Crippen molar-refractivity contribution in [1.82, 2.24) is 9.71 Å². The van der Waals surface area contributed by atoms with E-state index in [4.69, 9.17) is 0 Å². The normalized spacial score (nSPS) is 11.6. The van der Waals surface area contributed by atoms with Crippen LogP contribution in [-0.4, -0.2) is 25.6 Å². The van der Waals surface area contributed by atoms with Crippen LogP contribution < -0.4 is 4.72 Å². The fourth-order valence-electron chi connectivity index (χ4n) is 1.84. The van der Waals surface area contributed by atoms with Gasteiger partial charge in [0.1, 0.15) is 0 Å². The van der Waals surface area contributed by atoms with Crippen molar-refractivity contribution in [2.75, 3.05) is 6.26 Å². The molecule has 0 aliphatic heterocycles. The number of H-pyrrole nitrogens is 1. The Balaban J connectivity index is 2.05. The number of fused-ring (bicyclic) bond motifs is 1. The monoisotopic (exact) mass is 266 g/mol. The molecule has 0 radical (unpaired) electrons. The highest BCUT2D eigenvalue weighted by molar-refractivity contribution is 7.89. The zero-order valence-electron chi connectivity index (χ0n) is 9.93. The number of hydrogen-bond acceptors (Lipinski definition) is 3. The zero-order valence-corrected chi connectivity index (χ0v) is 10.8. The lowest BCUT2D eigenvalue weighted by molar-refractivity contribution is -0.119. The van der Waals surface area contributed by atoms with E-state index in [-0.39, 0.29) is 6.42 Å².